The van der Waals surface area contributed by atoms with E-state index in [9.17, 15) is 5.11 Å². The van der Waals surface area contributed by atoms with E-state index in [1.54, 1.807) is 0 Å². The van der Waals surface area contributed by atoms with Crippen LogP contribution in [0.3, 0.4) is 0 Å². The Hall–Kier alpha value is -0.120. The maximum absolute atomic E-state index is 9.45. The topological polar surface area (TPSA) is 35.5 Å². The molecule has 0 aromatic rings. The molecule has 0 bridgehead atoms. The van der Waals surface area contributed by atoms with Gasteiger partial charge in [0.05, 0.1) is 6.61 Å². The molecule has 1 aliphatic heterocycles. The summed E-state index contributed by atoms with van der Waals surface area (Å²) < 4.78 is 0. The van der Waals surface area contributed by atoms with E-state index in [1.807, 2.05) is 0 Å². The zero-order valence-corrected chi connectivity index (χ0v) is 11.8. The Bertz CT molecular complexity index is 197. The Balaban J connectivity index is 2.49. The summed E-state index contributed by atoms with van der Waals surface area (Å²) in [5.41, 5.74) is 0. The molecule has 1 rings (SSSR count). The number of nitrogens with one attached hydrogen (secondary N) is 1. The van der Waals surface area contributed by atoms with Crippen LogP contribution in [0.15, 0.2) is 0 Å². The lowest BCUT2D eigenvalue weighted by molar-refractivity contribution is 0.139. The molecule has 3 heteroatoms. The summed E-state index contributed by atoms with van der Waals surface area (Å²) in [7, 11) is 0. The zero-order valence-electron chi connectivity index (χ0n) is 11.8. The smallest absolute Gasteiger partial charge is 0.0597 e. The van der Waals surface area contributed by atoms with Crippen LogP contribution in [-0.4, -0.2) is 47.8 Å². The van der Waals surface area contributed by atoms with Gasteiger partial charge in [-0.25, -0.2) is 0 Å². The predicted molar refractivity (Wildman–Crippen MR) is 73.3 cm³/mol. The van der Waals surface area contributed by atoms with Crippen molar-refractivity contribution in [3.63, 3.8) is 0 Å². The fourth-order valence-electron chi connectivity index (χ4n) is 2.86. The molecule has 1 heterocycles. The lowest BCUT2D eigenvalue weighted by Gasteiger charge is -2.33. The summed E-state index contributed by atoms with van der Waals surface area (Å²) in [5.74, 6) is 0. The summed E-state index contributed by atoms with van der Waals surface area (Å²) in [5, 5.41) is 12.9. The lowest BCUT2D eigenvalue weighted by atomic mass is 10.1. The molecule has 1 fully saturated rings. The van der Waals surface area contributed by atoms with E-state index >= 15 is 0 Å². The molecule has 0 aromatic carbocycles. The van der Waals surface area contributed by atoms with E-state index in [1.165, 1.54) is 38.6 Å². The Morgan fingerprint density at radius 2 is 2.06 bits per heavy atom. The van der Waals surface area contributed by atoms with Gasteiger partial charge in [0.2, 0.25) is 0 Å². The molecule has 0 spiro atoms. The van der Waals surface area contributed by atoms with Gasteiger partial charge in [-0.15, -0.1) is 0 Å². The third kappa shape index (κ3) is 5.36. The first kappa shape index (κ1) is 14.9. The van der Waals surface area contributed by atoms with Gasteiger partial charge in [-0.2, -0.15) is 0 Å². The van der Waals surface area contributed by atoms with Crippen molar-refractivity contribution in [1.82, 2.24) is 10.2 Å². The highest BCUT2D eigenvalue weighted by Gasteiger charge is 2.22. The van der Waals surface area contributed by atoms with Crippen molar-refractivity contribution >= 4 is 0 Å². The van der Waals surface area contributed by atoms with Gasteiger partial charge >= 0.3 is 0 Å². The van der Waals surface area contributed by atoms with Gasteiger partial charge < -0.3 is 10.4 Å². The van der Waals surface area contributed by atoms with E-state index in [0.717, 1.165) is 12.6 Å². The van der Waals surface area contributed by atoms with E-state index < -0.39 is 0 Å². The van der Waals surface area contributed by atoms with Gasteiger partial charge in [0.1, 0.15) is 0 Å². The van der Waals surface area contributed by atoms with Crippen molar-refractivity contribution < 1.29 is 5.11 Å². The van der Waals surface area contributed by atoms with E-state index in [2.05, 4.69) is 31.0 Å². The van der Waals surface area contributed by atoms with Gasteiger partial charge in [-0.3, -0.25) is 4.90 Å². The number of hydrogen-bond donors (Lipinski definition) is 2. The maximum atomic E-state index is 9.45. The quantitative estimate of drug-likeness (QED) is 0.748. The van der Waals surface area contributed by atoms with Crippen LogP contribution >= 0.6 is 0 Å². The molecule has 0 amide bonds. The van der Waals surface area contributed by atoms with Crippen LogP contribution in [0.25, 0.3) is 0 Å². The number of aliphatic hydroxyl groups excluding tert-OH is 1. The normalized spacial score (nSPS) is 24.9. The highest BCUT2D eigenvalue weighted by molar-refractivity contribution is 4.80. The SMILES string of the molecule is CCC1CCCCCN1CC(CO)NC(C)C. The Morgan fingerprint density at radius 1 is 1.29 bits per heavy atom. The summed E-state index contributed by atoms with van der Waals surface area (Å²) in [4.78, 5) is 2.59. The molecule has 1 aliphatic rings. The molecule has 0 radical (unpaired) electrons. The average Bonchev–Trinajstić information content (AvgIpc) is 2.52. The van der Waals surface area contributed by atoms with Crippen LogP contribution < -0.4 is 5.32 Å². The van der Waals surface area contributed by atoms with Crippen LogP contribution in [-0.2, 0) is 0 Å². The molecule has 2 atom stereocenters. The first-order valence-corrected chi connectivity index (χ1v) is 7.28. The second-order valence-electron chi connectivity index (χ2n) is 5.61. The third-order valence-corrected chi connectivity index (χ3v) is 3.71. The first-order valence-electron chi connectivity index (χ1n) is 7.28. The standard InChI is InChI=1S/C14H30N2O/c1-4-14-8-6-5-7-9-16(14)10-13(11-17)15-12(2)3/h12-15,17H,4-11H2,1-3H3. The summed E-state index contributed by atoms with van der Waals surface area (Å²) in [6.07, 6.45) is 6.62. The van der Waals surface area contributed by atoms with Crippen LogP contribution in [0.1, 0.15) is 52.9 Å². The highest BCUT2D eigenvalue weighted by atomic mass is 16.3. The summed E-state index contributed by atoms with van der Waals surface area (Å²) >= 11 is 0. The molecule has 1 saturated heterocycles. The van der Waals surface area contributed by atoms with E-state index in [0.29, 0.717) is 6.04 Å². The number of hydrogen-bond acceptors (Lipinski definition) is 3. The molecule has 2 N–H and O–H groups in total. The second kappa shape index (κ2) is 8.06. The second-order valence-corrected chi connectivity index (χ2v) is 5.61. The fraction of sp³-hybridized carbons (Fsp3) is 1.00. The number of nitrogens with zero attached hydrogens (tertiary/aromatic N) is 1. The third-order valence-electron chi connectivity index (χ3n) is 3.71. The molecule has 3 nitrogen and oxygen atoms in total. The molecule has 17 heavy (non-hydrogen) atoms. The Labute approximate surface area is 107 Å². The lowest BCUT2D eigenvalue weighted by Crippen LogP contribution is -2.48. The van der Waals surface area contributed by atoms with Gasteiger partial charge in [-0.1, -0.05) is 33.6 Å². The first-order chi connectivity index (χ1) is 8.17. The summed E-state index contributed by atoms with van der Waals surface area (Å²) in [6, 6.07) is 1.39. The van der Waals surface area contributed by atoms with Gasteiger partial charge in [0, 0.05) is 24.7 Å². The molecular formula is C14H30N2O. The molecule has 0 aliphatic carbocycles. The largest absolute Gasteiger partial charge is 0.395 e. The molecular weight excluding hydrogens is 212 g/mol. The predicted octanol–water partition coefficient (Wildman–Crippen LogP) is 2.00. The van der Waals surface area contributed by atoms with Crippen molar-refractivity contribution in [3.05, 3.63) is 0 Å². The number of rotatable bonds is 6. The van der Waals surface area contributed by atoms with Crippen LogP contribution in [0, 0.1) is 0 Å². The van der Waals surface area contributed by atoms with Crippen molar-refractivity contribution in [2.75, 3.05) is 19.7 Å². The van der Waals surface area contributed by atoms with Gasteiger partial charge in [0.15, 0.2) is 0 Å². The number of likely N-dealkylation sites (tertiary alicyclic amines) is 1. The minimum absolute atomic E-state index is 0.224. The molecule has 2 unspecified atom stereocenters. The average molecular weight is 242 g/mol. The van der Waals surface area contributed by atoms with Crippen LogP contribution in [0.5, 0.6) is 0 Å². The van der Waals surface area contributed by atoms with Crippen molar-refractivity contribution in [2.45, 2.75) is 71.0 Å². The minimum atomic E-state index is 0.224. The Kier molecular flexibility index (Phi) is 7.09. The molecule has 0 aromatic heterocycles. The van der Waals surface area contributed by atoms with Crippen molar-refractivity contribution in [2.24, 2.45) is 0 Å². The summed E-state index contributed by atoms with van der Waals surface area (Å²) in [6.45, 7) is 9.00. The fourth-order valence-corrected chi connectivity index (χ4v) is 2.86. The zero-order chi connectivity index (χ0) is 12.7. The van der Waals surface area contributed by atoms with Gasteiger partial charge in [0.25, 0.3) is 0 Å². The Morgan fingerprint density at radius 3 is 2.65 bits per heavy atom. The van der Waals surface area contributed by atoms with E-state index in [4.69, 9.17) is 0 Å². The van der Waals surface area contributed by atoms with Crippen molar-refractivity contribution in [1.29, 1.82) is 0 Å². The van der Waals surface area contributed by atoms with Crippen LogP contribution in [0.2, 0.25) is 0 Å². The van der Waals surface area contributed by atoms with Crippen LogP contribution in [0.4, 0.5) is 0 Å². The molecule has 102 valence electrons. The number of aliphatic hydroxyl groups is 1. The monoisotopic (exact) mass is 242 g/mol. The molecule has 0 saturated carbocycles. The van der Waals surface area contributed by atoms with Gasteiger partial charge in [-0.05, 0) is 25.8 Å². The van der Waals surface area contributed by atoms with Crippen molar-refractivity contribution in [3.8, 4) is 0 Å². The maximum Gasteiger partial charge on any atom is 0.0597 e. The van der Waals surface area contributed by atoms with E-state index in [-0.39, 0.29) is 12.6 Å². The minimum Gasteiger partial charge on any atom is -0.395 e. The highest BCUT2D eigenvalue weighted by Crippen LogP contribution is 2.19.